The van der Waals surface area contributed by atoms with Gasteiger partial charge in [-0.25, -0.2) is 9.97 Å². The Morgan fingerprint density at radius 3 is 2.54 bits per heavy atom. The molecule has 0 saturated carbocycles. The quantitative estimate of drug-likeness (QED) is 0.575. The Morgan fingerprint density at radius 2 is 1.69 bits per heavy atom. The number of hydrogen-bond donors (Lipinski definition) is 1. The Morgan fingerprint density at radius 1 is 0.885 bits per heavy atom. The Labute approximate surface area is 152 Å². The zero-order valence-corrected chi connectivity index (χ0v) is 14.7. The zero-order chi connectivity index (χ0) is 17.9. The van der Waals surface area contributed by atoms with E-state index in [4.69, 9.17) is 0 Å². The summed E-state index contributed by atoms with van der Waals surface area (Å²) in [4.78, 5) is 15.6. The molecule has 0 unspecified atom stereocenters. The van der Waals surface area contributed by atoms with Crippen LogP contribution in [0.1, 0.15) is 5.82 Å². The second-order valence-corrected chi connectivity index (χ2v) is 6.06. The summed E-state index contributed by atoms with van der Waals surface area (Å²) in [7, 11) is 2.00. The predicted molar refractivity (Wildman–Crippen MR) is 106 cm³/mol. The van der Waals surface area contributed by atoms with Crippen molar-refractivity contribution in [3.8, 4) is 0 Å². The van der Waals surface area contributed by atoms with E-state index < -0.39 is 0 Å². The van der Waals surface area contributed by atoms with Gasteiger partial charge in [-0.1, -0.05) is 36.4 Å². The lowest BCUT2D eigenvalue weighted by molar-refractivity contribution is 1.02. The molecule has 128 valence electrons. The highest BCUT2D eigenvalue weighted by Gasteiger charge is 2.10. The second kappa shape index (κ2) is 6.80. The summed E-state index contributed by atoms with van der Waals surface area (Å²) in [6.07, 6.45) is 1.80. The molecule has 2 aromatic carbocycles. The summed E-state index contributed by atoms with van der Waals surface area (Å²) in [5, 5.41) is 4.48. The standard InChI is InChI=1S/C21H19N5/c1-15-23-19(14-20(24-15)26(2)17-10-4-3-5-11-17)25-18-12-6-8-16-9-7-13-22-21(16)18/h3-14H,1-2H3,(H,23,24,25). The van der Waals surface area contributed by atoms with Crippen molar-refractivity contribution in [2.24, 2.45) is 0 Å². The fourth-order valence-electron chi connectivity index (χ4n) is 2.91. The van der Waals surface area contributed by atoms with Crippen LogP contribution in [-0.4, -0.2) is 22.0 Å². The number of fused-ring (bicyclic) bond motifs is 1. The summed E-state index contributed by atoms with van der Waals surface area (Å²) in [6, 6.07) is 22.1. The average Bonchev–Trinajstić information content (AvgIpc) is 2.68. The normalized spacial score (nSPS) is 10.7. The van der Waals surface area contributed by atoms with E-state index in [0.717, 1.165) is 33.9 Å². The van der Waals surface area contributed by atoms with E-state index in [1.54, 1.807) is 6.20 Å². The molecule has 0 aliphatic heterocycles. The average molecular weight is 341 g/mol. The van der Waals surface area contributed by atoms with Gasteiger partial charge in [0, 0.05) is 30.4 Å². The van der Waals surface area contributed by atoms with Crippen molar-refractivity contribution in [1.82, 2.24) is 15.0 Å². The van der Waals surface area contributed by atoms with E-state index in [1.807, 2.05) is 73.5 Å². The van der Waals surface area contributed by atoms with Crippen molar-refractivity contribution < 1.29 is 0 Å². The molecular weight excluding hydrogens is 322 g/mol. The molecule has 4 aromatic rings. The van der Waals surface area contributed by atoms with Crippen LogP contribution in [-0.2, 0) is 0 Å². The van der Waals surface area contributed by atoms with Gasteiger partial charge in [0.05, 0.1) is 11.2 Å². The Bertz CT molecular complexity index is 1040. The Kier molecular flexibility index (Phi) is 4.19. The van der Waals surface area contributed by atoms with E-state index in [2.05, 4.69) is 32.4 Å². The van der Waals surface area contributed by atoms with Gasteiger partial charge in [-0.2, -0.15) is 0 Å². The number of nitrogens with one attached hydrogen (secondary N) is 1. The molecule has 1 N–H and O–H groups in total. The Balaban J connectivity index is 1.70. The fourth-order valence-corrected chi connectivity index (χ4v) is 2.91. The first kappa shape index (κ1) is 16.0. The van der Waals surface area contributed by atoms with Gasteiger partial charge < -0.3 is 10.2 Å². The van der Waals surface area contributed by atoms with Crippen molar-refractivity contribution in [3.63, 3.8) is 0 Å². The second-order valence-electron chi connectivity index (χ2n) is 6.06. The third-order valence-corrected chi connectivity index (χ3v) is 4.21. The minimum atomic E-state index is 0.709. The molecule has 0 atom stereocenters. The molecule has 2 heterocycles. The van der Waals surface area contributed by atoms with Gasteiger partial charge in [-0.3, -0.25) is 4.98 Å². The number of nitrogens with zero attached hydrogens (tertiary/aromatic N) is 4. The Hall–Kier alpha value is -3.47. The molecule has 0 spiro atoms. The largest absolute Gasteiger partial charge is 0.338 e. The zero-order valence-electron chi connectivity index (χ0n) is 14.7. The SMILES string of the molecule is Cc1nc(Nc2cccc3cccnc23)cc(N(C)c2ccccc2)n1. The highest BCUT2D eigenvalue weighted by Crippen LogP contribution is 2.27. The van der Waals surface area contributed by atoms with Crippen LogP contribution >= 0.6 is 0 Å². The van der Waals surface area contributed by atoms with Gasteiger partial charge in [-0.05, 0) is 31.2 Å². The number of para-hydroxylation sites is 2. The van der Waals surface area contributed by atoms with Gasteiger partial charge in [0.25, 0.3) is 0 Å². The molecule has 2 aromatic heterocycles. The first-order chi connectivity index (χ1) is 12.7. The summed E-state index contributed by atoms with van der Waals surface area (Å²) in [6.45, 7) is 1.90. The van der Waals surface area contributed by atoms with Crippen molar-refractivity contribution in [2.75, 3.05) is 17.3 Å². The maximum atomic E-state index is 4.57. The van der Waals surface area contributed by atoms with Crippen LogP contribution in [0.3, 0.4) is 0 Å². The maximum Gasteiger partial charge on any atom is 0.138 e. The highest BCUT2D eigenvalue weighted by atomic mass is 15.2. The van der Waals surface area contributed by atoms with E-state index >= 15 is 0 Å². The van der Waals surface area contributed by atoms with Crippen molar-refractivity contribution in [1.29, 1.82) is 0 Å². The smallest absolute Gasteiger partial charge is 0.138 e. The molecule has 4 rings (SSSR count). The highest BCUT2D eigenvalue weighted by molar-refractivity contribution is 5.91. The van der Waals surface area contributed by atoms with Crippen molar-refractivity contribution >= 4 is 33.9 Å². The molecule has 0 aliphatic rings. The molecule has 0 fully saturated rings. The topological polar surface area (TPSA) is 53.9 Å². The molecule has 5 heteroatoms. The number of benzene rings is 2. The van der Waals surface area contributed by atoms with Crippen LogP contribution in [0.2, 0.25) is 0 Å². The number of hydrogen-bond acceptors (Lipinski definition) is 5. The maximum absolute atomic E-state index is 4.57. The van der Waals surface area contributed by atoms with Crippen LogP contribution in [0.25, 0.3) is 10.9 Å². The number of rotatable bonds is 4. The first-order valence-electron chi connectivity index (χ1n) is 8.46. The third-order valence-electron chi connectivity index (χ3n) is 4.21. The molecule has 0 bridgehead atoms. The van der Waals surface area contributed by atoms with Gasteiger partial charge in [0.1, 0.15) is 17.5 Å². The van der Waals surface area contributed by atoms with Gasteiger partial charge >= 0.3 is 0 Å². The summed E-state index contributed by atoms with van der Waals surface area (Å²) in [5.74, 6) is 2.29. The molecule has 0 saturated heterocycles. The number of pyridine rings is 1. The van der Waals surface area contributed by atoms with Crippen LogP contribution < -0.4 is 10.2 Å². The number of aryl methyl sites for hydroxylation is 1. The van der Waals surface area contributed by atoms with Gasteiger partial charge in [0.2, 0.25) is 0 Å². The van der Waals surface area contributed by atoms with Gasteiger partial charge in [0.15, 0.2) is 0 Å². The van der Waals surface area contributed by atoms with Crippen LogP contribution in [0, 0.1) is 6.92 Å². The lowest BCUT2D eigenvalue weighted by Gasteiger charge is -2.19. The monoisotopic (exact) mass is 341 g/mol. The van der Waals surface area contributed by atoms with E-state index in [9.17, 15) is 0 Å². The third kappa shape index (κ3) is 3.19. The predicted octanol–water partition coefficient (Wildman–Crippen LogP) is 4.84. The van der Waals surface area contributed by atoms with Crippen LogP contribution in [0.5, 0.6) is 0 Å². The summed E-state index contributed by atoms with van der Waals surface area (Å²) < 4.78 is 0. The number of aromatic nitrogens is 3. The molecule has 0 aliphatic carbocycles. The van der Waals surface area contributed by atoms with Crippen LogP contribution in [0.4, 0.5) is 23.0 Å². The molecule has 5 nitrogen and oxygen atoms in total. The van der Waals surface area contributed by atoms with Crippen molar-refractivity contribution in [3.05, 3.63) is 78.8 Å². The minimum absolute atomic E-state index is 0.709. The first-order valence-corrected chi connectivity index (χ1v) is 8.46. The summed E-state index contributed by atoms with van der Waals surface area (Å²) in [5.41, 5.74) is 2.92. The van der Waals surface area contributed by atoms with E-state index in [1.165, 1.54) is 0 Å². The van der Waals surface area contributed by atoms with Crippen molar-refractivity contribution in [2.45, 2.75) is 6.92 Å². The lowest BCUT2D eigenvalue weighted by atomic mass is 10.2. The lowest BCUT2D eigenvalue weighted by Crippen LogP contribution is -2.12. The van der Waals surface area contributed by atoms with E-state index in [0.29, 0.717) is 5.82 Å². The van der Waals surface area contributed by atoms with Gasteiger partial charge in [-0.15, -0.1) is 0 Å². The van der Waals surface area contributed by atoms with Crippen LogP contribution in [0.15, 0.2) is 72.9 Å². The number of anilines is 4. The molecule has 0 amide bonds. The molecule has 0 radical (unpaired) electrons. The minimum Gasteiger partial charge on any atom is -0.338 e. The summed E-state index contributed by atoms with van der Waals surface area (Å²) >= 11 is 0. The fraction of sp³-hybridized carbons (Fsp3) is 0.0952. The molecule has 26 heavy (non-hydrogen) atoms. The van der Waals surface area contributed by atoms with E-state index in [-0.39, 0.29) is 0 Å². The molecular formula is C21H19N5.